The Morgan fingerprint density at radius 3 is 2.69 bits per heavy atom. The molecule has 0 spiro atoms. The summed E-state index contributed by atoms with van der Waals surface area (Å²) in [6, 6.07) is 2.73. The highest BCUT2D eigenvalue weighted by Crippen LogP contribution is 2.12. The number of nitrogens with two attached hydrogens (primary N) is 1. The third-order valence-corrected chi connectivity index (χ3v) is 1.90. The quantitative estimate of drug-likeness (QED) is 0.772. The van der Waals surface area contributed by atoms with Crippen molar-refractivity contribution in [3.05, 3.63) is 35.9 Å². The largest absolute Gasteiger partial charge is 0.475 e. The van der Waals surface area contributed by atoms with Crippen LogP contribution >= 0.6 is 0 Å². The van der Waals surface area contributed by atoms with Crippen LogP contribution in [0.3, 0.4) is 0 Å². The van der Waals surface area contributed by atoms with Crippen LogP contribution in [0.5, 0.6) is 0 Å². The molecular weight excluding hydrogens is 214 g/mol. The highest BCUT2D eigenvalue weighted by Gasteiger charge is 2.12. The molecule has 0 aliphatic carbocycles. The molecule has 2 aromatic heterocycles. The zero-order valence-electron chi connectivity index (χ0n) is 7.95. The van der Waals surface area contributed by atoms with Crippen molar-refractivity contribution in [2.45, 2.75) is 0 Å². The second-order valence-electron chi connectivity index (χ2n) is 2.98. The number of nitrogens with zero attached hydrogens (tertiary/aromatic N) is 2. The molecule has 0 aliphatic rings. The number of rotatable bonds is 3. The molecule has 0 fully saturated rings. The lowest BCUT2D eigenvalue weighted by Crippen LogP contribution is -2.09. The van der Waals surface area contributed by atoms with Gasteiger partial charge in [0.2, 0.25) is 11.6 Å². The Morgan fingerprint density at radius 2 is 2.19 bits per heavy atom. The monoisotopic (exact) mass is 221 g/mol. The van der Waals surface area contributed by atoms with Gasteiger partial charge in [-0.2, -0.15) is 5.10 Å². The molecule has 0 aliphatic heterocycles. The summed E-state index contributed by atoms with van der Waals surface area (Å²) in [6.07, 6.45) is 2.62. The number of carbonyl (C=O) groups excluding carboxylic acids is 1. The third kappa shape index (κ3) is 1.65. The molecule has 7 nitrogen and oxygen atoms in total. The number of carboxylic acid groups (broad SMARTS) is 1. The van der Waals surface area contributed by atoms with E-state index >= 15 is 0 Å². The lowest BCUT2D eigenvalue weighted by molar-refractivity contribution is 0.0661. The summed E-state index contributed by atoms with van der Waals surface area (Å²) in [4.78, 5) is 21.4. The average molecular weight is 221 g/mol. The molecule has 7 heteroatoms. The van der Waals surface area contributed by atoms with E-state index in [0.29, 0.717) is 0 Å². The van der Waals surface area contributed by atoms with E-state index in [-0.39, 0.29) is 17.2 Å². The SMILES string of the molecule is NC(=O)c1cnn(-c2ccc(C(=O)O)o2)c1. The van der Waals surface area contributed by atoms with Crippen molar-refractivity contribution in [2.75, 3.05) is 0 Å². The number of aromatic carboxylic acids is 1. The van der Waals surface area contributed by atoms with Gasteiger partial charge in [0.25, 0.3) is 5.91 Å². The summed E-state index contributed by atoms with van der Waals surface area (Å²) >= 11 is 0. The standard InChI is InChI=1S/C9H7N3O4/c10-8(13)5-3-11-12(4-5)7-2-1-6(16-7)9(14)15/h1-4H,(H2,10,13)(H,14,15). The molecule has 1 amide bonds. The normalized spacial score (nSPS) is 10.2. The van der Waals surface area contributed by atoms with Gasteiger partial charge in [0.15, 0.2) is 0 Å². The summed E-state index contributed by atoms with van der Waals surface area (Å²) in [7, 11) is 0. The number of primary amides is 1. The molecule has 2 aromatic rings. The van der Waals surface area contributed by atoms with Gasteiger partial charge in [0.1, 0.15) is 0 Å². The zero-order chi connectivity index (χ0) is 11.7. The van der Waals surface area contributed by atoms with Crippen LogP contribution in [0.25, 0.3) is 5.88 Å². The van der Waals surface area contributed by atoms with Gasteiger partial charge in [0.05, 0.1) is 11.8 Å². The molecule has 0 saturated heterocycles. The number of hydrogen-bond donors (Lipinski definition) is 2. The third-order valence-electron chi connectivity index (χ3n) is 1.90. The second kappa shape index (κ2) is 3.54. The number of carbonyl (C=O) groups is 2. The van der Waals surface area contributed by atoms with Gasteiger partial charge in [-0.1, -0.05) is 0 Å². The minimum Gasteiger partial charge on any atom is -0.475 e. The van der Waals surface area contributed by atoms with E-state index in [2.05, 4.69) is 5.10 Å². The molecule has 82 valence electrons. The molecule has 0 aromatic carbocycles. The molecular formula is C9H7N3O4. The van der Waals surface area contributed by atoms with Crippen molar-refractivity contribution in [1.82, 2.24) is 9.78 Å². The molecule has 2 heterocycles. The minimum absolute atomic E-state index is 0.199. The van der Waals surface area contributed by atoms with Gasteiger partial charge >= 0.3 is 5.97 Å². The van der Waals surface area contributed by atoms with E-state index < -0.39 is 11.9 Å². The van der Waals surface area contributed by atoms with E-state index in [1.807, 2.05) is 0 Å². The Kier molecular flexibility index (Phi) is 2.20. The van der Waals surface area contributed by atoms with Crippen molar-refractivity contribution in [3.8, 4) is 5.88 Å². The van der Waals surface area contributed by atoms with Crippen LogP contribution < -0.4 is 5.73 Å². The first-order valence-electron chi connectivity index (χ1n) is 4.26. The van der Waals surface area contributed by atoms with Gasteiger partial charge in [-0.3, -0.25) is 4.79 Å². The van der Waals surface area contributed by atoms with E-state index in [9.17, 15) is 9.59 Å². The lowest BCUT2D eigenvalue weighted by Gasteiger charge is -1.93. The molecule has 0 bridgehead atoms. The molecule has 16 heavy (non-hydrogen) atoms. The summed E-state index contributed by atoms with van der Waals surface area (Å²) in [5.74, 6) is -1.79. The number of furan rings is 1. The molecule has 0 atom stereocenters. The highest BCUT2D eigenvalue weighted by molar-refractivity contribution is 5.92. The molecule has 2 rings (SSSR count). The van der Waals surface area contributed by atoms with Gasteiger partial charge in [-0.05, 0) is 6.07 Å². The summed E-state index contributed by atoms with van der Waals surface area (Å²) in [6.45, 7) is 0. The number of hydrogen-bond acceptors (Lipinski definition) is 4. The van der Waals surface area contributed by atoms with Crippen molar-refractivity contribution in [1.29, 1.82) is 0 Å². The van der Waals surface area contributed by atoms with E-state index in [0.717, 1.165) is 0 Å². The fraction of sp³-hybridized carbons (Fsp3) is 0. The topological polar surface area (TPSA) is 111 Å². The van der Waals surface area contributed by atoms with Crippen LogP contribution in [0.2, 0.25) is 0 Å². The Morgan fingerprint density at radius 1 is 1.44 bits per heavy atom. The van der Waals surface area contributed by atoms with E-state index in [4.69, 9.17) is 15.3 Å². The smallest absolute Gasteiger partial charge is 0.371 e. The van der Waals surface area contributed by atoms with Crippen LogP contribution in [0.15, 0.2) is 28.9 Å². The van der Waals surface area contributed by atoms with Crippen molar-refractivity contribution < 1.29 is 19.1 Å². The van der Waals surface area contributed by atoms with Gasteiger partial charge in [-0.25, -0.2) is 9.48 Å². The van der Waals surface area contributed by atoms with E-state index in [1.165, 1.54) is 29.2 Å². The minimum atomic E-state index is -1.17. The Labute approximate surface area is 89.1 Å². The highest BCUT2D eigenvalue weighted by atomic mass is 16.4. The Hall–Kier alpha value is -2.57. The first kappa shape index (κ1) is 9.97. The summed E-state index contributed by atoms with van der Waals surface area (Å²) < 4.78 is 6.20. The maximum absolute atomic E-state index is 10.8. The maximum atomic E-state index is 10.8. The molecule has 0 unspecified atom stereocenters. The molecule has 0 saturated carbocycles. The molecule has 0 radical (unpaired) electrons. The predicted octanol–water partition coefficient (Wildman–Crippen LogP) is 0.262. The van der Waals surface area contributed by atoms with Crippen LogP contribution in [0.4, 0.5) is 0 Å². The van der Waals surface area contributed by atoms with Gasteiger partial charge in [0, 0.05) is 12.3 Å². The summed E-state index contributed by atoms with van der Waals surface area (Å²) in [5, 5.41) is 12.5. The predicted molar refractivity (Wildman–Crippen MR) is 51.3 cm³/mol. The van der Waals surface area contributed by atoms with Crippen LogP contribution in [-0.4, -0.2) is 26.8 Å². The fourth-order valence-corrected chi connectivity index (χ4v) is 1.14. The molecule has 3 N–H and O–H groups in total. The first-order valence-corrected chi connectivity index (χ1v) is 4.26. The van der Waals surface area contributed by atoms with Crippen molar-refractivity contribution in [3.63, 3.8) is 0 Å². The number of amides is 1. The van der Waals surface area contributed by atoms with Gasteiger partial charge < -0.3 is 15.3 Å². The van der Waals surface area contributed by atoms with Gasteiger partial charge in [-0.15, -0.1) is 0 Å². The first-order chi connectivity index (χ1) is 7.58. The number of aromatic nitrogens is 2. The lowest BCUT2D eigenvalue weighted by atomic mass is 10.3. The number of carboxylic acids is 1. The fourth-order valence-electron chi connectivity index (χ4n) is 1.14. The maximum Gasteiger partial charge on any atom is 0.371 e. The van der Waals surface area contributed by atoms with Crippen molar-refractivity contribution >= 4 is 11.9 Å². The van der Waals surface area contributed by atoms with Crippen LogP contribution in [0, 0.1) is 0 Å². The van der Waals surface area contributed by atoms with E-state index in [1.54, 1.807) is 0 Å². The van der Waals surface area contributed by atoms with Crippen LogP contribution in [-0.2, 0) is 0 Å². The summed E-state index contributed by atoms with van der Waals surface area (Å²) in [5.41, 5.74) is 5.26. The Balaban J connectivity index is 2.35. The van der Waals surface area contributed by atoms with Crippen LogP contribution in [0.1, 0.15) is 20.9 Å². The average Bonchev–Trinajstić information content (AvgIpc) is 2.86. The Bertz CT molecular complexity index is 504. The second-order valence-corrected chi connectivity index (χ2v) is 2.98. The van der Waals surface area contributed by atoms with Crippen molar-refractivity contribution in [2.24, 2.45) is 5.73 Å². The zero-order valence-corrected chi connectivity index (χ0v) is 7.95.